The Morgan fingerprint density at radius 2 is 2.29 bits per heavy atom. The molecular formula is C10H16N2OS. The van der Waals surface area contributed by atoms with E-state index in [1.165, 1.54) is 0 Å². The van der Waals surface area contributed by atoms with Gasteiger partial charge in [-0.1, -0.05) is 6.07 Å². The number of aryl methyl sites for hydroxylation is 1. The molecule has 0 aliphatic carbocycles. The molecule has 0 bridgehead atoms. The summed E-state index contributed by atoms with van der Waals surface area (Å²) in [6.45, 7) is 0.624. The topological polar surface area (TPSA) is 56.0 Å². The third-order valence-electron chi connectivity index (χ3n) is 1.92. The molecule has 0 saturated carbocycles. The van der Waals surface area contributed by atoms with Crippen LogP contribution in [0.2, 0.25) is 0 Å². The van der Waals surface area contributed by atoms with Crippen LogP contribution >= 0.6 is 0 Å². The van der Waals surface area contributed by atoms with Gasteiger partial charge in [-0.05, 0) is 31.0 Å². The molecule has 0 fully saturated rings. The average Bonchev–Trinajstić information content (AvgIpc) is 2.25. The van der Waals surface area contributed by atoms with Gasteiger partial charge in [0.25, 0.3) is 0 Å². The normalized spacial score (nSPS) is 12.6. The maximum absolute atomic E-state index is 11.4. The fourth-order valence-corrected chi connectivity index (χ4v) is 2.28. The van der Waals surface area contributed by atoms with Crippen LogP contribution in [0.15, 0.2) is 24.5 Å². The molecule has 0 radical (unpaired) electrons. The van der Waals surface area contributed by atoms with Gasteiger partial charge in [0.1, 0.15) is 0 Å². The standard InChI is InChI=1S/C10H16N2OS/c11-5-2-7-14(13)8-4-10-3-1-6-12-9-10/h1,3,6,9H,2,4-5,7-8,11H2. The zero-order valence-electron chi connectivity index (χ0n) is 8.19. The van der Waals surface area contributed by atoms with Crippen molar-refractivity contribution in [3.05, 3.63) is 30.1 Å². The van der Waals surface area contributed by atoms with Gasteiger partial charge in [0.05, 0.1) is 0 Å². The molecule has 1 unspecified atom stereocenters. The van der Waals surface area contributed by atoms with Crippen LogP contribution in [-0.4, -0.2) is 27.2 Å². The number of nitrogens with zero attached hydrogens (tertiary/aromatic N) is 1. The lowest BCUT2D eigenvalue weighted by molar-refractivity contribution is 0.680. The zero-order chi connectivity index (χ0) is 10.2. The third kappa shape index (κ3) is 4.48. The van der Waals surface area contributed by atoms with E-state index in [0.29, 0.717) is 12.3 Å². The summed E-state index contributed by atoms with van der Waals surface area (Å²) in [7, 11) is -0.728. The molecule has 0 aromatic carbocycles. The van der Waals surface area contributed by atoms with E-state index in [0.717, 1.165) is 24.2 Å². The van der Waals surface area contributed by atoms with Gasteiger partial charge in [0.2, 0.25) is 0 Å². The van der Waals surface area contributed by atoms with Gasteiger partial charge in [-0.15, -0.1) is 0 Å². The predicted octanol–water partition coefficient (Wildman–Crippen LogP) is 0.722. The van der Waals surface area contributed by atoms with Gasteiger partial charge in [0.15, 0.2) is 0 Å². The first-order valence-electron chi connectivity index (χ1n) is 4.77. The Kier molecular flexibility index (Phi) is 5.40. The number of hydrogen-bond donors (Lipinski definition) is 1. The largest absolute Gasteiger partial charge is 0.330 e. The lowest BCUT2D eigenvalue weighted by atomic mass is 10.2. The molecule has 1 heterocycles. The Balaban J connectivity index is 2.24. The SMILES string of the molecule is NCCCS(=O)CCc1cccnc1. The van der Waals surface area contributed by atoms with E-state index in [9.17, 15) is 4.21 Å². The van der Waals surface area contributed by atoms with E-state index in [-0.39, 0.29) is 0 Å². The molecule has 0 amide bonds. The van der Waals surface area contributed by atoms with Crippen molar-refractivity contribution in [1.82, 2.24) is 4.98 Å². The minimum atomic E-state index is -0.728. The second-order valence-electron chi connectivity index (χ2n) is 3.10. The second kappa shape index (κ2) is 6.68. The van der Waals surface area contributed by atoms with Crippen molar-refractivity contribution in [2.45, 2.75) is 12.8 Å². The van der Waals surface area contributed by atoms with Gasteiger partial charge >= 0.3 is 0 Å². The van der Waals surface area contributed by atoms with Gasteiger partial charge in [-0.2, -0.15) is 0 Å². The predicted molar refractivity (Wildman–Crippen MR) is 59.5 cm³/mol. The molecule has 3 nitrogen and oxygen atoms in total. The van der Waals surface area contributed by atoms with E-state index in [4.69, 9.17) is 5.73 Å². The smallest absolute Gasteiger partial charge is 0.0300 e. The van der Waals surface area contributed by atoms with Crippen LogP contribution in [0.1, 0.15) is 12.0 Å². The highest BCUT2D eigenvalue weighted by atomic mass is 32.2. The summed E-state index contributed by atoms with van der Waals surface area (Å²) in [5.74, 6) is 1.43. The van der Waals surface area contributed by atoms with E-state index in [1.807, 2.05) is 18.3 Å². The fraction of sp³-hybridized carbons (Fsp3) is 0.500. The molecule has 2 N–H and O–H groups in total. The molecule has 0 spiro atoms. The maximum atomic E-state index is 11.4. The Labute approximate surface area is 87.2 Å². The molecule has 1 aromatic rings. The van der Waals surface area contributed by atoms with Gasteiger partial charge in [0, 0.05) is 34.7 Å². The van der Waals surface area contributed by atoms with Crippen LogP contribution in [0.5, 0.6) is 0 Å². The molecule has 0 aliphatic heterocycles. The Bertz CT molecular complexity index is 277. The van der Waals surface area contributed by atoms with Crippen molar-refractivity contribution in [1.29, 1.82) is 0 Å². The monoisotopic (exact) mass is 212 g/mol. The van der Waals surface area contributed by atoms with Gasteiger partial charge < -0.3 is 5.73 Å². The highest BCUT2D eigenvalue weighted by Crippen LogP contribution is 1.99. The Hall–Kier alpha value is -0.740. The molecule has 0 saturated heterocycles. The van der Waals surface area contributed by atoms with E-state index >= 15 is 0 Å². The van der Waals surface area contributed by atoms with Crippen molar-refractivity contribution in [3.63, 3.8) is 0 Å². The van der Waals surface area contributed by atoms with E-state index in [2.05, 4.69) is 4.98 Å². The zero-order valence-corrected chi connectivity index (χ0v) is 9.00. The summed E-state index contributed by atoms with van der Waals surface area (Å²) in [5, 5.41) is 0. The lowest BCUT2D eigenvalue weighted by Crippen LogP contribution is -2.09. The van der Waals surface area contributed by atoms with Gasteiger partial charge in [-0.25, -0.2) is 0 Å². The Morgan fingerprint density at radius 3 is 2.93 bits per heavy atom. The minimum Gasteiger partial charge on any atom is -0.330 e. The lowest BCUT2D eigenvalue weighted by Gasteiger charge is -2.01. The van der Waals surface area contributed by atoms with E-state index in [1.54, 1.807) is 6.20 Å². The number of nitrogens with two attached hydrogens (primary N) is 1. The van der Waals surface area contributed by atoms with Crippen molar-refractivity contribution in [3.8, 4) is 0 Å². The molecule has 1 atom stereocenters. The summed E-state index contributed by atoms with van der Waals surface area (Å²) in [6.07, 6.45) is 5.25. The fourth-order valence-electron chi connectivity index (χ4n) is 1.12. The molecular weight excluding hydrogens is 196 g/mol. The molecule has 14 heavy (non-hydrogen) atoms. The number of hydrogen-bond acceptors (Lipinski definition) is 3. The highest BCUT2D eigenvalue weighted by molar-refractivity contribution is 7.84. The highest BCUT2D eigenvalue weighted by Gasteiger charge is 1.99. The molecule has 1 aromatic heterocycles. The summed E-state index contributed by atoms with van der Waals surface area (Å²) < 4.78 is 11.4. The first-order chi connectivity index (χ1) is 6.83. The van der Waals surface area contributed by atoms with Crippen molar-refractivity contribution >= 4 is 10.8 Å². The first kappa shape index (κ1) is 11.3. The molecule has 78 valence electrons. The van der Waals surface area contributed by atoms with Gasteiger partial charge in [-0.3, -0.25) is 9.19 Å². The van der Waals surface area contributed by atoms with Crippen molar-refractivity contribution in [2.24, 2.45) is 5.73 Å². The number of rotatable bonds is 6. The first-order valence-corrected chi connectivity index (χ1v) is 6.25. The number of pyridine rings is 1. The third-order valence-corrected chi connectivity index (χ3v) is 3.32. The minimum absolute atomic E-state index is 0.624. The van der Waals surface area contributed by atoms with Crippen LogP contribution in [0.4, 0.5) is 0 Å². The second-order valence-corrected chi connectivity index (χ2v) is 4.80. The average molecular weight is 212 g/mol. The molecule has 1 rings (SSSR count). The summed E-state index contributed by atoms with van der Waals surface area (Å²) in [5.41, 5.74) is 6.49. The number of aromatic nitrogens is 1. The summed E-state index contributed by atoms with van der Waals surface area (Å²) >= 11 is 0. The van der Waals surface area contributed by atoms with Crippen molar-refractivity contribution < 1.29 is 4.21 Å². The van der Waals surface area contributed by atoms with Crippen LogP contribution in [0, 0.1) is 0 Å². The quantitative estimate of drug-likeness (QED) is 0.756. The summed E-state index contributed by atoms with van der Waals surface area (Å²) in [6, 6.07) is 3.91. The molecule has 4 heteroatoms. The van der Waals surface area contributed by atoms with Crippen LogP contribution in [0.3, 0.4) is 0 Å². The van der Waals surface area contributed by atoms with Crippen LogP contribution < -0.4 is 5.73 Å². The van der Waals surface area contributed by atoms with Crippen molar-refractivity contribution in [2.75, 3.05) is 18.1 Å². The maximum Gasteiger partial charge on any atom is 0.0300 e. The Morgan fingerprint density at radius 1 is 1.43 bits per heavy atom. The molecule has 0 aliphatic rings. The van der Waals surface area contributed by atoms with Crippen LogP contribution in [-0.2, 0) is 17.2 Å². The van der Waals surface area contributed by atoms with Crippen LogP contribution in [0.25, 0.3) is 0 Å². The summed E-state index contributed by atoms with van der Waals surface area (Å²) in [4.78, 5) is 4.01. The van der Waals surface area contributed by atoms with E-state index < -0.39 is 10.8 Å².